The second-order valence-electron chi connectivity index (χ2n) is 18.5. The van der Waals surface area contributed by atoms with E-state index in [1.807, 2.05) is 55.8 Å². The van der Waals surface area contributed by atoms with Crippen LogP contribution in [0.25, 0.3) is 78.3 Å². The summed E-state index contributed by atoms with van der Waals surface area (Å²) in [7, 11) is 0. The molecule has 0 unspecified atom stereocenters. The number of pyridine rings is 3. The minimum atomic E-state index is 0.565. The molecular weight excluding hydrogens is 863 g/mol. The minimum Gasteiger partial charge on any atom is -0.256 e. The third kappa shape index (κ3) is 10.5. The molecular formula is C66H51N5. The summed E-state index contributed by atoms with van der Waals surface area (Å²) in [4.78, 5) is 14.1. The fourth-order valence-corrected chi connectivity index (χ4v) is 9.30. The SMILES string of the molecule is Cc1ccc(-c2ccc(CCc3cc(CCc4ccc(-c5ccc(C)cn5)cc4)cc(-c4ccccc4-c4ccc(-c5ccc(C)cn5)cc4-c4ccc(-c5ccc(C#N)cc5)cc4C#N)c3)cc2)nc1. The van der Waals surface area contributed by atoms with Crippen molar-refractivity contribution >= 4 is 0 Å². The fourth-order valence-electron chi connectivity index (χ4n) is 9.30. The Morgan fingerprint density at radius 1 is 0.324 bits per heavy atom. The topological polar surface area (TPSA) is 86.2 Å². The summed E-state index contributed by atoms with van der Waals surface area (Å²) in [5.41, 5.74) is 23.7. The smallest absolute Gasteiger partial charge is 0.0998 e. The number of benzene rings is 7. The van der Waals surface area contributed by atoms with Crippen molar-refractivity contribution in [2.45, 2.75) is 46.5 Å². The third-order valence-electron chi connectivity index (χ3n) is 13.3. The average molecular weight is 914 g/mol. The summed E-state index contributed by atoms with van der Waals surface area (Å²) in [5, 5.41) is 20.2. The highest BCUT2D eigenvalue weighted by atomic mass is 14.7. The minimum absolute atomic E-state index is 0.565. The average Bonchev–Trinajstić information content (AvgIpc) is 3.42. The van der Waals surface area contributed by atoms with Gasteiger partial charge in [-0.3, -0.25) is 15.0 Å². The van der Waals surface area contributed by atoms with Crippen molar-refractivity contribution in [2.24, 2.45) is 0 Å². The van der Waals surface area contributed by atoms with Crippen molar-refractivity contribution in [1.82, 2.24) is 15.0 Å². The monoisotopic (exact) mass is 913 g/mol. The van der Waals surface area contributed by atoms with E-state index in [0.717, 1.165) is 121 Å². The molecule has 0 spiro atoms. The van der Waals surface area contributed by atoms with Gasteiger partial charge in [-0.2, -0.15) is 10.5 Å². The lowest BCUT2D eigenvalue weighted by Crippen LogP contribution is -1.98. The largest absolute Gasteiger partial charge is 0.256 e. The van der Waals surface area contributed by atoms with Crippen molar-refractivity contribution < 1.29 is 0 Å². The number of aryl methyl sites for hydroxylation is 7. The van der Waals surface area contributed by atoms with Gasteiger partial charge in [0.2, 0.25) is 0 Å². The molecule has 0 N–H and O–H groups in total. The van der Waals surface area contributed by atoms with Crippen molar-refractivity contribution in [2.75, 3.05) is 0 Å². The maximum atomic E-state index is 10.8. The van der Waals surface area contributed by atoms with Gasteiger partial charge in [0.1, 0.15) is 0 Å². The molecule has 0 bridgehead atoms. The van der Waals surface area contributed by atoms with E-state index in [-0.39, 0.29) is 0 Å². The maximum absolute atomic E-state index is 10.8. The summed E-state index contributed by atoms with van der Waals surface area (Å²) in [6.45, 7) is 6.17. The third-order valence-corrected chi connectivity index (χ3v) is 13.3. The molecule has 0 atom stereocenters. The number of nitrogens with zero attached hydrogens (tertiary/aromatic N) is 5. The number of rotatable bonds is 13. The first-order valence-electron chi connectivity index (χ1n) is 24.2. The Morgan fingerprint density at radius 2 is 0.775 bits per heavy atom. The molecule has 10 aromatic rings. The predicted octanol–water partition coefficient (Wildman–Crippen LogP) is 15.8. The van der Waals surface area contributed by atoms with Gasteiger partial charge in [-0.25, -0.2) is 0 Å². The zero-order valence-electron chi connectivity index (χ0n) is 40.2. The molecule has 5 nitrogen and oxygen atoms in total. The molecule has 0 fully saturated rings. The summed E-state index contributed by atoms with van der Waals surface area (Å²) in [6, 6.07) is 70.8. The Morgan fingerprint density at radius 3 is 1.28 bits per heavy atom. The quantitative estimate of drug-likeness (QED) is 0.115. The van der Waals surface area contributed by atoms with Crippen LogP contribution in [0.4, 0.5) is 0 Å². The molecule has 0 aliphatic heterocycles. The van der Waals surface area contributed by atoms with E-state index in [0.29, 0.717) is 11.1 Å². The van der Waals surface area contributed by atoms with Crippen LogP contribution in [-0.4, -0.2) is 15.0 Å². The first kappa shape index (κ1) is 45.7. The van der Waals surface area contributed by atoms with Gasteiger partial charge in [0, 0.05) is 40.8 Å². The van der Waals surface area contributed by atoms with E-state index in [1.165, 1.54) is 22.3 Å². The van der Waals surface area contributed by atoms with Crippen LogP contribution in [0.1, 0.15) is 50.1 Å². The van der Waals surface area contributed by atoms with Gasteiger partial charge in [0.15, 0.2) is 0 Å². The summed E-state index contributed by atoms with van der Waals surface area (Å²) >= 11 is 0. The molecule has 5 heteroatoms. The number of hydrogen-bond donors (Lipinski definition) is 0. The van der Waals surface area contributed by atoms with Gasteiger partial charge in [-0.05, 0) is 167 Å². The predicted molar refractivity (Wildman–Crippen MR) is 289 cm³/mol. The van der Waals surface area contributed by atoms with Gasteiger partial charge >= 0.3 is 0 Å². The van der Waals surface area contributed by atoms with Crippen molar-refractivity contribution in [1.29, 1.82) is 10.5 Å². The fraction of sp³-hybridized carbons (Fsp3) is 0.106. The molecule has 71 heavy (non-hydrogen) atoms. The lowest BCUT2D eigenvalue weighted by molar-refractivity contribution is 0.931. The van der Waals surface area contributed by atoms with Gasteiger partial charge in [-0.1, -0.05) is 146 Å². The van der Waals surface area contributed by atoms with Crippen LogP contribution in [0.3, 0.4) is 0 Å². The molecule has 3 heterocycles. The van der Waals surface area contributed by atoms with Crippen LogP contribution in [0.5, 0.6) is 0 Å². The van der Waals surface area contributed by atoms with E-state index in [1.54, 1.807) is 0 Å². The molecule has 0 amide bonds. The molecule has 0 aliphatic rings. The van der Waals surface area contributed by atoms with Crippen molar-refractivity contribution in [3.63, 3.8) is 0 Å². The molecule has 0 saturated heterocycles. The number of aromatic nitrogens is 3. The van der Waals surface area contributed by atoms with Gasteiger partial charge < -0.3 is 0 Å². The van der Waals surface area contributed by atoms with Crippen molar-refractivity contribution in [3.8, 4) is 90.4 Å². The van der Waals surface area contributed by atoms with Gasteiger partial charge in [0.05, 0.1) is 40.3 Å². The van der Waals surface area contributed by atoms with Crippen LogP contribution < -0.4 is 0 Å². The zero-order valence-corrected chi connectivity index (χ0v) is 40.2. The van der Waals surface area contributed by atoms with Crippen LogP contribution >= 0.6 is 0 Å². The molecule has 7 aromatic carbocycles. The highest BCUT2D eigenvalue weighted by Gasteiger charge is 2.19. The van der Waals surface area contributed by atoms with Gasteiger partial charge in [0.25, 0.3) is 0 Å². The summed E-state index contributed by atoms with van der Waals surface area (Å²) in [5.74, 6) is 0. The first-order chi connectivity index (χ1) is 34.8. The number of nitriles is 2. The first-order valence-corrected chi connectivity index (χ1v) is 24.2. The van der Waals surface area contributed by atoms with E-state index < -0.39 is 0 Å². The maximum Gasteiger partial charge on any atom is 0.0998 e. The van der Waals surface area contributed by atoms with E-state index >= 15 is 0 Å². The van der Waals surface area contributed by atoms with Crippen LogP contribution in [0.15, 0.2) is 207 Å². The normalized spacial score (nSPS) is 10.9. The van der Waals surface area contributed by atoms with E-state index in [4.69, 9.17) is 4.98 Å². The van der Waals surface area contributed by atoms with Crippen LogP contribution in [-0.2, 0) is 25.7 Å². The molecule has 340 valence electrons. The molecule has 0 saturated carbocycles. The summed E-state index contributed by atoms with van der Waals surface area (Å²) in [6.07, 6.45) is 9.29. The molecule has 0 aliphatic carbocycles. The lowest BCUT2D eigenvalue weighted by Gasteiger charge is -2.19. The second kappa shape index (κ2) is 20.7. The van der Waals surface area contributed by atoms with Crippen LogP contribution in [0.2, 0.25) is 0 Å². The Bertz CT molecular complexity index is 3470. The summed E-state index contributed by atoms with van der Waals surface area (Å²) < 4.78 is 0. The Balaban J connectivity index is 1.03. The van der Waals surface area contributed by atoms with E-state index in [2.05, 4.69) is 194 Å². The molecule has 3 aromatic heterocycles. The highest BCUT2D eigenvalue weighted by molar-refractivity contribution is 5.95. The highest BCUT2D eigenvalue weighted by Crippen LogP contribution is 2.42. The van der Waals surface area contributed by atoms with E-state index in [9.17, 15) is 10.5 Å². The molecule has 10 rings (SSSR count). The number of hydrogen-bond acceptors (Lipinski definition) is 5. The Labute approximate surface area is 417 Å². The van der Waals surface area contributed by atoms with Crippen molar-refractivity contribution in [3.05, 3.63) is 257 Å². The zero-order chi connectivity index (χ0) is 48.7. The Kier molecular flexibility index (Phi) is 13.3. The standard InChI is InChI=1S/C66H51N5/c1-44-8-31-64(69-41-44)53-23-15-47(16-24-53)11-13-50-34-51(14-12-48-17-25-54(26-18-48)65-32-9-45(2)42-70-65)36-57(35-50)59-6-4-5-7-61(59)62-30-28-56(66-33-10-46(3)43-71-66)38-63(62)60-29-27-55(37-58(60)40-68)52-21-19-49(39-67)20-22-52/h4-10,15-38,41-43H,11-14H2,1-3H3. The second-order valence-corrected chi connectivity index (χ2v) is 18.5. The molecule has 0 radical (unpaired) electrons. The van der Waals surface area contributed by atoms with Crippen LogP contribution in [0, 0.1) is 43.4 Å². The van der Waals surface area contributed by atoms with Gasteiger partial charge in [-0.15, -0.1) is 0 Å². The Hall–Kier alpha value is -9.03. The lowest BCUT2D eigenvalue weighted by atomic mass is 9.85.